The van der Waals surface area contributed by atoms with Gasteiger partial charge in [-0.25, -0.2) is 4.79 Å². The molecule has 1 amide bonds. The molecule has 2 unspecified atom stereocenters. The van der Waals surface area contributed by atoms with E-state index in [9.17, 15) is 14.7 Å². The summed E-state index contributed by atoms with van der Waals surface area (Å²) >= 11 is 0. The average Bonchev–Trinajstić information content (AvgIpc) is 3.01. The Bertz CT molecular complexity index is 535. The van der Waals surface area contributed by atoms with Crippen LogP contribution in [0.25, 0.3) is 0 Å². The molecule has 6 nitrogen and oxygen atoms in total. The Hall–Kier alpha value is -1.82. The molecule has 2 heterocycles. The number of hydrogen-bond donors (Lipinski definition) is 1. The summed E-state index contributed by atoms with van der Waals surface area (Å²) in [7, 11) is 1.55. The summed E-state index contributed by atoms with van der Waals surface area (Å²) in [5.41, 5.74) is 0.579. The number of carboxylic acid groups (broad SMARTS) is 1. The number of carbonyl (C=O) groups is 2. The summed E-state index contributed by atoms with van der Waals surface area (Å²) in [5, 5.41) is 9.28. The molecule has 2 fully saturated rings. The van der Waals surface area contributed by atoms with Crippen molar-refractivity contribution in [1.82, 2.24) is 9.47 Å². The van der Waals surface area contributed by atoms with Crippen LogP contribution in [0.2, 0.25) is 0 Å². The third-order valence-corrected chi connectivity index (χ3v) is 4.08. The zero-order chi connectivity index (χ0) is 14.3. The van der Waals surface area contributed by atoms with Crippen molar-refractivity contribution in [2.45, 2.75) is 37.5 Å². The molecule has 1 aliphatic carbocycles. The third kappa shape index (κ3) is 2.20. The van der Waals surface area contributed by atoms with Crippen LogP contribution in [-0.4, -0.2) is 52.3 Å². The van der Waals surface area contributed by atoms with E-state index in [2.05, 4.69) is 0 Å². The van der Waals surface area contributed by atoms with Crippen LogP contribution < -0.4 is 0 Å². The van der Waals surface area contributed by atoms with Gasteiger partial charge in [-0.2, -0.15) is 0 Å². The standard InChI is InChI=1S/C14H18N2O4/c1-20-10-7-12(14(18)19)16(8-10)13(17)11-3-2-6-15(11)9-4-5-9/h2-3,6,9-10,12H,4-5,7-8H2,1H3,(H,18,19). The van der Waals surface area contributed by atoms with Gasteiger partial charge < -0.3 is 19.3 Å². The Kier molecular flexibility index (Phi) is 3.25. The Morgan fingerprint density at radius 1 is 1.40 bits per heavy atom. The number of rotatable bonds is 4. The highest BCUT2D eigenvalue weighted by atomic mass is 16.5. The molecule has 1 saturated carbocycles. The van der Waals surface area contributed by atoms with Crippen LogP contribution in [0.4, 0.5) is 0 Å². The van der Waals surface area contributed by atoms with Gasteiger partial charge in [0.2, 0.25) is 0 Å². The summed E-state index contributed by atoms with van der Waals surface area (Å²) in [6.45, 7) is 0.335. The van der Waals surface area contributed by atoms with E-state index in [4.69, 9.17) is 4.74 Å². The Balaban J connectivity index is 1.84. The Morgan fingerprint density at radius 3 is 2.75 bits per heavy atom. The number of aliphatic carboxylic acids is 1. The lowest BCUT2D eigenvalue weighted by molar-refractivity contribution is -0.141. The second kappa shape index (κ2) is 4.94. The molecule has 0 radical (unpaired) electrons. The Morgan fingerprint density at radius 2 is 2.15 bits per heavy atom. The highest BCUT2D eigenvalue weighted by Crippen LogP contribution is 2.36. The van der Waals surface area contributed by atoms with Gasteiger partial charge in [-0.05, 0) is 25.0 Å². The molecule has 1 aliphatic heterocycles. The molecule has 2 aliphatic rings. The highest BCUT2D eigenvalue weighted by molar-refractivity contribution is 5.96. The predicted octanol–water partition coefficient (Wildman–Crippen LogP) is 1.14. The highest BCUT2D eigenvalue weighted by Gasteiger charge is 2.41. The second-order valence-corrected chi connectivity index (χ2v) is 5.44. The molecule has 0 bridgehead atoms. The van der Waals surface area contributed by atoms with Gasteiger partial charge in [0.05, 0.1) is 6.10 Å². The first-order chi connectivity index (χ1) is 9.61. The summed E-state index contributed by atoms with van der Waals surface area (Å²) in [5.74, 6) is -1.18. The van der Waals surface area contributed by atoms with Gasteiger partial charge in [-0.15, -0.1) is 0 Å². The van der Waals surface area contributed by atoms with E-state index in [0.29, 0.717) is 24.7 Å². The van der Waals surface area contributed by atoms with E-state index in [1.807, 2.05) is 16.8 Å². The lowest BCUT2D eigenvalue weighted by Crippen LogP contribution is -2.41. The summed E-state index contributed by atoms with van der Waals surface area (Å²) in [6, 6.07) is 3.20. The minimum atomic E-state index is -0.970. The number of amides is 1. The van der Waals surface area contributed by atoms with Gasteiger partial charge in [-0.1, -0.05) is 0 Å². The van der Waals surface area contributed by atoms with E-state index in [-0.39, 0.29) is 12.0 Å². The smallest absolute Gasteiger partial charge is 0.326 e. The summed E-state index contributed by atoms with van der Waals surface area (Å²) < 4.78 is 7.18. The predicted molar refractivity (Wildman–Crippen MR) is 70.6 cm³/mol. The molecular weight excluding hydrogens is 260 g/mol. The molecule has 6 heteroatoms. The number of likely N-dealkylation sites (tertiary alicyclic amines) is 1. The largest absolute Gasteiger partial charge is 0.480 e. The van der Waals surface area contributed by atoms with Crippen molar-refractivity contribution in [2.75, 3.05) is 13.7 Å². The minimum Gasteiger partial charge on any atom is -0.480 e. The van der Waals surface area contributed by atoms with Crippen LogP contribution in [-0.2, 0) is 9.53 Å². The first kappa shape index (κ1) is 13.2. The van der Waals surface area contributed by atoms with Gasteiger partial charge in [0, 0.05) is 32.3 Å². The summed E-state index contributed by atoms with van der Waals surface area (Å²) in [4.78, 5) is 25.4. The fourth-order valence-corrected chi connectivity index (χ4v) is 2.82. The molecule has 3 rings (SSSR count). The van der Waals surface area contributed by atoms with E-state index >= 15 is 0 Å². The number of carboxylic acids is 1. The fraction of sp³-hybridized carbons (Fsp3) is 0.571. The van der Waals surface area contributed by atoms with Crippen molar-refractivity contribution in [3.63, 3.8) is 0 Å². The van der Waals surface area contributed by atoms with Crippen molar-refractivity contribution in [2.24, 2.45) is 0 Å². The van der Waals surface area contributed by atoms with Crippen LogP contribution >= 0.6 is 0 Å². The van der Waals surface area contributed by atoms with Crippen LogP contribution in [0.1, 0.15) is 35.8 Å². The maximum absolute atomic E-state index is 12.6. The fourth-order valence-electron chi connectivity index (χ4n) is 2.82. The van der Waals surface area contributed by atoms with Crippen molar-refractivity contribution >= 4 is 11.9 Å². The van der Waals surface area contributed by atoms with Crippen molar-refractivity contribution < 1.29 is 19.4 Å². The molecule has 108 valence electrons. The van der Waals surface area contributed by atoms with Crippen LogP contribution in [0.5, 0.6) is 0 Å². The van der Waals surface area contributed by atoms with E-state index in [0.717, 1.165) is 12.8 Å². The number of nitrogens with zero attached hydrogens (tertiary/aromatic N) is 2. The summed E-state index contributed by atoms with van der Waals surface area (Å²) in [6.07, 6.45) is 4.20. The molecule has 20 heavy (non-hydrogen) atoms. The lowest BCUT2D eigenvalue weighted by atomic mass is 10.2. The molecule has 2 atom stereocenters. The molecule has 1 N–H and O–H groups in total. The number of aromatic nitrogens is 1. The number of ether oxygens (including phenoxy) is 1. The van der Waals surface area contributed by atoms with Crippen molar-refractivity contribution in [1.29, 1.82) is 0 Å². The minimum absolute atomic E-state index is 0.204. The maximum atomic E-state index is 12.6. The van der Waals surface area contributed by atoms with E-state index in [1.165, 1.54) is 4.90 Å². The molecule has 1 saturated heterocycles. The number of carbonyl (C=O) groups excluding carboxylic acids is 1. The zero-order valence-corrected chi connectivity index (χ0v) is 11.4. The monoisotopic (exact) mass is 278 g/mol. The third-order valence-electron chi connectivity index (χ3n) is 4.08. The topological polar surface area (TPSA) is 71.8 Å². The van der Waals surface area contributed by atoms with E-state index < -0.39 is 12.0 Å². The second-order valence-electron chi connectivity index (χ2n) is 5.44. The van der Waals surface area contributed by atoms with Gasteiger partial charge in [0.1, 0.15) is 11.7 Å². The molecule has 0 spiro atoms. The van der Waals surface area contributed by atoms with Crippen molar-refractivity contribution in [3.05, 3.63) is 24.0 Å². The normalized spacial score (nSPS) is 25.9. The first-order valence-electron chi connectivity index (χ1n) is 6.85. The lowest BCUT2D eigenvalue weighted by Gasteiger charge is -2.22. The van der Waals surface area contributed by atoms with Gasteiger partial charge in [0.15, 0.2) is 0 Å². The first-order valence-corrected chi connectivity index (χ1v) is 6.85. The zero-order valence-electron chi connectivity index (χ0n) is 11.4. The number of hydrogen-bond acceptors (Lipinski definition) is 3. The van der Waals surface area contributed by atoms with Crippen LogP contribution in [0, 0.1) is 0 Å². The van der Waals surface area contributed by atoms with E-state index in [1.54, 1.807) is 13.2 Å². The van der Waals surface area contributed by atoms with Gasteiger partial charge in [-0.3, -0.25) is 4.79 Å². The Labute approximate surface area is 116 Å². The average molecular weight is 278 g/mol. The molecule has 0 aromatic carbocycles. The molecular formula is C14H18N2O4. The number of methoxy groups -OCH3 is 1. The van der Waals surface area contributed by atoms with Crippen molar-refractivity contribution in [3.8, 4) is 0 Å². The molecule has 1 aromatic heterocycles. The quantitative estimate of drug-likeness (QED) is 0.896. The van der Waals surface area contributed by atoms with Crippen LogP contribution in [0.3, 0.4) is 0 Å². The molecule has 1 aromatic rings. The van der Waals surface area contributed by atoms with Crippen LogP contribution in [0.15, 0.2) is 18.3 Å². The van der Waals surface area contributed by atoms with Gasteiger partial charge in [0.25, 0.3) is 5.91 Å². The van der Waals surface area contributed by atoms with Gasteiger partial charge >= 0.3 is 5.97 Å². The SMILES string of the molecule is COC1CC(C(=O)O)N(C(=O)c2cccn2C2CC2)C1. The maximum Gasteiger partial charge on any atom is 0.326 e.